The third-order valence-corrected chi connectivity index (χ3v) is 6.58. The lowest BCUT2D eigenvalue weighted by Crippen LogP contribution is -2.28. The van der Waals surface area contributed by atoms with Gasteiger partial charge in [-0.15, -0.1) is 0 Å². The minimum Gasteiger partial charge on any atom is -0.496 e. The molecule has 0 aliphatic rings. The van der Waals surface area contributed by atoms with Gasteiger partial charge in [0, 0.05) is 30.1 Å². The Bertz CT molecular complexity index is 1710. The average Bonchev–Trinajstić information content (AvgIpc) is 2.78. The van der Waals surface area contributed by atoms with Crippen molar-refractivity contribution in [1.29, 1.82) is 0 Å². The molecule has 1 aromatic heterocycles. The molecular formula is C27H29N3O5S. The summed E-state index contributed by atoms with van der Waals surface area (Å²) in [6.07, 6.45) is 2.65. The molecule has 0 saturated heterocycles. The SMILES string of the molecule is COc1c(-c2ccc3cc(NS(C)(=O)=O)ccc3c2)cc(-c2cn(C)c(=O)[nH]c2=O)cc1C(C)(C)C. The molecular weight excluding hydrogens is 478 g/mol. The van der Waals surface area contributed by atoms with Crippen molar-refractivity contribution in [2.45, 2.75) is 26.2 Å². The summed E-state index contributed by atoms with van der Waals surface area (Å²) in [7, 11) is -0.169. The van der Waals surface area contributed by atoms with Crippen LogP contribution < -0.4 is 20.7 Å². The maximum atomic E-state index is 12.7. The molecule has 0 atom stereocenters. The molecule has 2 N–H and O–H groups in total. The number of ether oxygens (including phenoxy) is 1. The van der Waals surface area contributed by atoms with E-state index in [0.717, 1.165) is 33.7 Å². The van der Waals surface area contributed by atoms with Crippen molar-refractivity contribution in [3.8, 4) is 28.0 Å². The number of benzene rings is 3. The first kappa shape index (κ1) is 25.2. The number of nitrogens with zero attached hydrogens (tertiary/aromatic N) is 1. The topological polar surface area (TPSA) is 110 Å². The van der Waals surface area contributed by atoms with E-state index in [-0.39, 0.29) is 5.41 Å². The van der Waals surface area contributed by atoms with Gasteiger partial charge >= 0.3 is 5.69 Å². The number of hydrogen-bond donors (Lipinski definition) is 2. The normalized spacial score (nSPS) is 12.1. The maximum Gasteiger partial charge on any atom is 0.328 e. The number of methoxy groups -OCH3 is 1. The van der Waals surface area contributed by atoms with Crippen molar-refractivity contribution >= 4 is 26.5 Å². The van der Waals surface area contributed by atoms with Crippen LogP contribution in [0.4, 0.5) is 5.69 Å². The molecule has 0 aliphatic heterocycles. The molecule has 0 saturated carbocycles. The largest absolute Gasteiger partial charge is 0.496 e. The summed E-state index contributed by atoms with van der Waals surface area (Å²) in [5.74, 6) is 0.696. The minimum atomic E-state index is -3.38. The van der Waals surface area contributed by atoms with Crippen LogP contribution >= 0.6 is 0 Å². The fourth-order valence-electron chi connectivity index (χ4n) is 4.24. The first-order chi connectivity index (χ1) is 16.8. The Labute approximate surface area is 209 Å². The molecule has 36 heavy (non-hydrogen) atoms. The van der Waals surface area contributed by atoms with Gasteiger partial charge in [0.05, 0.1) is 18.9 Å². The van der Waals surface area contributed by atoms with Crippen LogP contribution in [0.5, 0.6) is 5.75 Å². The number of sulfonamides is 1. The standard InChI is InChI=1S/C27H29N3O5S/c1-27(2,3)23-14-19(22-15-30(4)26(32)28-25(22)31)13-21(24(23)35-5)18-8-7-17-12-20(29-36(6,33)34)10-9-16(17)11-18/h7-15,29H,1-6H3,(H,28,31,32). The van der Waals surface area contributed by atoms with Crippen LogP contribution in [0, 0.1) is 0 Å². The van der Waals surface area contributed by atoms with Crippen LogP contribution in [0.15, 0.2) is 64.3 Å². The van der Waals surface area contributed by atoms with Gasteiger partial charge in [-0.25, -0.2) is 13.2 Å². The monoisotopic (exact) mass is 507 g/mol. The molecule has 9 heteroatoms. The summed E-state index contributed by atoms with van der Waals surface area (Å²) >= 11 is 0. The van der Waals surface area contributed by atoms with Crippen LogP contribution in [-0.2, 0) is 22.5 Å². The van der Waals surface area contributed by atoms with E-state index < -0.39 is 21.3 Å². The Hall–Kier alpha value is -3.85. The van der Waals surface area contributed by atoms with E-state index in [1.54, 1.807) is 26.3 Å². The number of aryl methyl sites for hydroxylation is 1. The van der Waals surface area contributed by atoms with Gasteiger partial charge in [0.15, 0.2) is 0 Å². The van der Waals surface area contributed by atoms with Gasteiger partial charge in [-0.05, 0) is 57.6 Å². The van der Waals surface area contributed by atoms with E-state index in [9.17, 15) is 18.0 Å². The molecule has 4 aromatic rings. The van der Waals surface area contributed by atoms with Crippen LogP contribution in [0.2, 0.25) is 0 Å². The Morgan fingerprint density at radius 3 is 2.22 bits per heavy atom. The molecule has 0 aliphatic carbocycles. The Balaban J connectivity index is 1.96. The minimum absolute atomic E-state index is 0.299. The lowest BCUT2D eigenvalue weighted by molar-refractivity contribution is 0.399. The lowest BCUT2D eigenvalue weighted by atomic mass is 9.82. The van der Waals surface area contributed by atoms with Crippen molar-refractivity contribution in [2.75, 3.05) is 18.1 Å². The first-order valence-electron chi connectivity index (χ1n) is 11.3. The van der Waals surface area contributed by atoms with Crippen molar-refractivity contribution in [3.63, 3.8) is 0 Å². The molecule has 0 bridgehead atoms. The van der Waals surface area contributed by atoms with E-state index in [1.165, 1.54) is 10.8 Å². The zero-order valence-electron chi connectivity index (χ0n) is 21.1. The first-order valence-corrected chi connectivity index (χ1v) is 13.2. The Kier molecular flexibility index (Phi) is 6.30. The van der Waals surface area contributed by atoms with E-state index in [0.29, 0.717) is 22.6 Å². The Morgan fingerprint density at radius 2 is 1.58 bits per heavy atom. The molecule has 4 rings (SSSR count). The van der Waals surface area contributed by atoms with Crippen LogP contribution in [0.1, 0.15) is 26.3 Å². The van der Waals surface area contributed by atoms with Crippen LogP contribution in [0.3, 0.4) is 0 Å². The number of fused-ring (bicyclic) bond motifs is 1. The zero-order valence-corrected chi connectivity index (χ0v) is 21.9. The molecule has 0 unspecified atom stereocenters. The van der Waals surface area contributed by atoms with Crippen molar-refractivity contribution in [2.24, 2.45) is 7.05 Å². The number of hydrogen-bond acceptors (Lipinski definition) is 5. The Morgan fingerprint density at radius 1 is 0.917 bits per heavy atom. The molecule has 0 fully saturated rings. The molecule has 8 nitrogen and oxygen atoms in total. The highest BCUT2D eigenvalue weighted by atomic mass is 32.2. The summed E-state index contributed by atoms with van der Waals surface area (Å²) in [6.45, 7) is 6.21. The molecule has 0 radical (unpaired) electrons. The number of aromatic amines is 1. The fourth-order valence-corrected chi connectivity index (χ4v) is 4.79. The summed E-state index contributed by atoms with van der Waals surface area (Å²) < 4.78 is 32.9. The summed E-state index contributed by atoms with van der Waals surface area (Å²) in [5.41, 5.74) is 2.88. The third kappa shape index (κ3) is 5.06. The quantitative estimate of drug-likeness (QED) is 0.420. The predicted octanol–water partition coefficient (Wildman–Crippen LogP) is 4.24. The van der Waals surface area contributed by atoms with Crippen LogP contribution in [-0.4, -0.2) is 31.3 Å². The highest BCUT2D eigenvalue weighted by Gasteiger charge is 2.24. The van der Waals surface area contributed by atoms with Crippen molar-refractivity contribution in [3.05, 3.63) is 81.1 Å². The average molecular weight is 508 g/mol. The zero-order chi connectivity index (χ0) is 26.4. The maximum absolute atomic E-state index is 12.7. The number of H-pyrrole nitrogens is 1. The smallest absolute Gasteiger partial charge is 0.328 e. The van der Waals surface area contributed by atoms with Crippen molar-refractivity contribution < 1.29 is 13.2 Å². The van der Waals surface area contributed by atoms with Gasteiger partial charge in [-0.1, -0.05) is 39.0 Å². The third-order valence-electron chi connectivity index (χ3n) is 5.97. The van der Waals surface area contributed by atoms with Gasteiger partial charge in [0.1, 0.15) is 5.75 Å². The van der Waals surface area contributed by atoms with E-state index in [1.807, 2.05) is 36.4 Å². The highest BCUT2D eigenvalue weighted by Crippen LogP contribution is 2.42. The summed E-state index contributed by atoms with van der Waals surface area (Å²) in [4.78, 5) is 27.0. The predicted molar refractivity (Wildman–Crippen MR) is 144 cm³/mol. The summed E-state index contributed by atoms with van der Waals surface area (Å²) in [6, 6.07) is 15.0. The highest BCUT2D eigenvalue weighted by molar-refractivity contribution is 7.92. The van der Waals surface area contributed by atoms with Gasteiger partial charge in [0.2, 0.25) is 10.0 Å². The second-order valence-corrected chi connectivity index (χ2v) is 11.7. The molecule has 0 spiro atoms. The molecule has 188 valence electrons. The van der Waals surface area contributed by atoms with Gasteiger partial charge in [-0.3, -0.25) is 14.5 Å². The molecule has 3 aromatic carbocycles. The number of anilines is 1. The second kappa shape index (κ2) is 8.98. The van der Waals surface area contributed by atoms with Gasteiger partial charge < -0.3 is 9.30 Å². The summed E-state index contributed by atoms with van der Waals surface area (Å²) in [5, 5.41) is 1.78. The van der Waals surface area contributed by atoms with Crippen LogP contribution in [0.25, 0.3) is 33.0 Å². The molecule has 0 amide bonds. The van der Waals surface area contributed by atoms with Crippen molar-refractivity contribution in [1.82, 2.24) is 9.55 Å². The number of nitrogens with one attached hydrogen (secondary N) is 2. The lowest BCUT2D eigenvalue weighted by Gasteiger charge is -2.25. The van der Waals surface area contributed by atoms with E-state index >= 15 is 0 Å². The van der Waals surface area contributed by atoms with E-state index in [2.05, 4.69) is 30.5 Å². The van der Waals surface area contributed by atoms with Gasteiger partial charge in [-0.2, -0.15) is 0 Å². The second-order valence-electron chi connectivity index (χ2n) is 9.92. The van der Waals surface area contributed by atoms with Gasteiger partial charge in [0.25, 0.3) is 5.56 Å². The van der Waals surface area contributed by atoms with E-state index in [4.69, 9.17) is 4.74 Å². The number of aromatic nitrogens is 2. The molecule has 1 heterocycles. The fraction of sp³-hybridized carbons (Fsp3) is 0.259. The number of rotatable bonds is 5.